The van der Waals surface area contributed by atoms with E-state index in [1.54, 1.807) is 42.5 Å². The SMILES string of the molecule is N#CC1(C#N)C=Cc2cccnc2C1(C#N)C#N. The zero-order chi connectivity index (χ0) is 13.2. The molecular formula is C13H5N5. The average molecular weight is 231 g/mol. The minimum Gasteiger partial charge on any atom is -0.258 e. The molecule has 0 aliphatic heterocycles. The van der Waals surface area contributed by atoms with Crippen molar-refractivity contribution in [2.24, 2.45) is 5.41 Å². The summed E-state index contributed by atoms with van der Waals surface area (Å²) in [6, 6.07) is 10.5. The minimum absolute atomic E-state index is 0.153. The lowest BCUT2D eigenvalue weighted by Gasteiger charge is -2.31. The number of rotatable bonds is 0. The van der Waals surface area contributed by atoms with Crippen molar-refractivity contribution in [1.82, 2.24) is 4.98 Å². The van der Waals surface area contributed by atoms with Crippen molar-refractivity contribution in [2.75, 3.05) is 0 Å². The van der Waals surface area contributed by atoms with Gasteiger partial charge in [-0.3, -0.25) is 4.98 Å². The van der Waals surface area contributed by atoms with E-state index < -0.39 is 10.8 Å². The number of nitrogens with zero attached hydrogens (tertiary/aromatic N) is 5. The summed E-state index contributed by atoms with van der Waals surface area (Å²) in [6.07, 6.45) is 4.27. The molecule has 1 heterocycles. The van der Waals surface area contributed by atoms with Crippen molar-refractivity contribution >= 4 is 6.08 Å². The third-order valence-corrected chi connectivity index (χ3v) is 2.99. The van der Waals surface area contributed by atoms with E-state index in [-0.39, 0.29) is 5.69 Å². The van der Waals surface area contributed by atoms with E-state index in [4.69, 9.17) is 0 Å². The van der Waals surface area contributed by atoms with Gasteiger partial charge in [-0.15, -0.1) is 0 Å². The van der Waals surface area contributed by atoms with E-state index in [0.29, 0.717) is 5.56 Å². The normalized spacial score (nSPS) is 17.3. The van der Waals surface area contributed by atoms with Crippen molar-refractivity contribution in [3.05, 3.63) is 35.7 Å². The van der Waals surface area contributed by atoms with Gasteiger partial charge in [0.1, 0.15) is 0 Å². The van der Waals surface area contributed by atoms with Gasteiger partial charge in [0.05, 0.1) is 30.0 Å². The van der Waals surface area contributed by atoms with Gasteiger partial charge in [-0.2, -0.15) is 21.0 Å². The van der Waals surface area contributed by atoms with Crippen LogP contribution in [0.3, 0.4) is 0 Å². The highest BCUT2D eigenvalue weighted by Gasteiger charge is 2.58. The molecule has 0 saturated heterocycles. The molecule has 0 N–H and O–H groups in total. The Bertz CT molecular complexity index is 675. The van der Waals surface area contributed by atoms with E-state index >= 15 is 0 Å². The molecule has 5 nitrogen and oxygen atoms in total. The Morgan fingerprint density at radius 3 is 2.22 bits per heavy atom. The van der Waals surface area contributed by atoms with Crippen LogP contribution in [-0.4, -0.2) is 4.98 Å². The molecule has 0 amide bonds. The molecule has 5 heteroatoms. The second-order valence-electron chi connectivity index (χ2n) is 3.78. The van der Waals surface area contributed by atoms with Gasteiger partial charge < -0.3 is 0 Å². The fourth-order valence-corrected chi connectivity index (χ4v) is 1.97. The molecule has 0 radical (unpaired) electrons. The van der Waals surface area contributed by atoms with Gasteiger partial charge in [-0.25, -0.2) is 0 Å². The highest BCUT2D eigenvalue weighted by atomic mass is 14.7. The van der Waals surface area contributed by atoms with Crippen LogP contribution in [0.1, 0.15) is 11.3 Å². The Morgan fingerprint density at radius 2 is 1.67 bits per heavy atom. The number of pyridine rings is 1. The van der Waals surface area contributed by atoms with Gasteiger partial charge in [0, 0.05) is 6.20 Å². The van der Waals surface area contributed by atoms with Crippen molar-refractivity contribution in [2.45, 2.75) is 5.41 Å². The molecule has 2 rings (SSSR count). The van der Waals surface area contributed by atoms with E-state index in [0.717, 1.165) is 0 Å². The summed E-state index contributed by atoms with van der Waals surface area (Å²) in [5, 5.41) is 37.1. The fraction of sp³-hybridized carbons (Fsp3) is 0.154. The van der Waals surface area contributed by atoms with Gasteiger partial charge >= 0.3 is 0 Å². The van der Waals surface area contributed by atoms with Crippen LogP contribution >= 0.6 is 0 Å². The Morgan fingerprint density at radius 1 is 1.00 bits per heavy atom. The zero-order valence-electron chi connectivity index (χ0n) is 9.12. The second-order valence-corrected chi connectivity index (χ2v) is 3.78. The maximum absolute atomic E-state index is 9.34. The van der Waals surface area contributed by atoms with Crippen LogP contribution in [0.2, 0.25) is 0 Å². The van der Waals surface area contributed by atoms with Crippen molar-refractivity contribution in [3.8, 4) is 24.3 Å². The first kappa shape index (κ1) is 11.3. The first-order valence-corrected chi connectivity index (χ1v) is 4.99. The van der Waals surface area contributed by atoms with Crippen LogP contribution in [0.5, 0.6) is 0 Å². The molecule has 0 fully saturated rings. The molecule has 1 aliphatic carbocycles. The van der Waals surface area contributed by atoms with Crippen LogP contribution in [0.15, 0.2) is 24.4 Å². The van der Waals surface area contributed by atoms with Crippen LogP contribution < -0.4 is 0 Å². The van der Waals surface area contributed by atoms with Crippen LogP contribution in [-0.2, 0) is 5.41 Å². The summed E-state index contributed by atoms with van der Waals surface area (Å²) in [7, 11) is 0. The van der Waals surface area contributed by atoms with E-state index in [9.17, 15) is 21.0 Å². The topological polar surface area (TPSA) is 108 Å². The second kappa shape index (κ2) is 3.70. The molecule has 1 aliphatic rings. The molecule has 0 saturated carbocycles. The number of hydrogen-bond donors (Lipinski definition) is 0. The predicted octanol–water partition coefficient (Wildman–Crippen LogP) is 1.43. The highest BCUT2D eigenvalue weighted by Crippen LogP contribution is 2.46. The monoisotopic (exact) mass is 231 g/mol. The van der Waals surface area contributed by atoms with Crippen LogP contribution in [0, 0.1) is 50.7 Å². The lowest BCUT2D eigenvalue weighted by molar-refractivity contribution is 0.473. The van der Waals surface area contributed by atoms with Crippen LogP contribution in [0.4, 0.5) is 0 Å². The van der Waals surface area contributed by atoms with Crippen LogP contribution in [0.25, 0.3) is 6.08 Å². The number of aromatic nitrogens is 1. The average Bonchev–Trinajstić information content (AvgIpc) is 2.46. The summed E-state index contributed by atoms with van der Waals surface area (Å²) in [6.45, 7) is 0. The molecule has 1 aromatic heterocycles. The fourth-order valence-electron chi connectivity index (χ4n) is 1.97. The Balaban J connectivity index is 2.92. The van der Waals surface area contributed by atoms with E-state index in [2.05, 4.69) is 4.98 Å². The smallest absolute Gasteiger partial charge is 0.220 e. The first-order valence-electron chi connectivity index (χ1n) is 4.99. The van der Waals surface area contributed by atoms with Gasteiger partial charge in [-0.1, -0.05) is 12.1 Å². The number of hydrogen-bond acceptors (Lipinski definition) is 5. The number of allylic oxidation sites excluding steroid dienone is 1. The van der Waals surface area contributed by atoms with Crippen molar-refractivity contribution in [3.63, 3.8) is 0 Å². The molecular weight excluding hydrogens is 226 g/mol. The molecule has 0 bridgehead atoms. The molecule has 0 atom stereocenters. The molecule has 0 spiro atoms. The van der Waals surface area contributed by atoms with E-state index in [1.807, 2.05) is 0 Å². The highest BCUT2D eigenvalue weighted by molar-refractivity contribution is 5.68. The first-order chi connectivity index (χ1) is 8.69. The van der Waals surface area contributed by atoms with Crippen molar-refractivity contribution < 1.29 is 0 Å². The zero-order valence-corrected chi connectivity index (χ0v) is 9.12. The van der Waals surface area contributed by atoms with Gasteiger partial charge in [0.2, 0.25) is 5.41 Å². The van der Waals surface area contributed by atoms with Crippen molar-refractivity contribution in [1.29, 1.82) is 21.0 Å². The lowest BCUT2D eigenvalue weighted by Crippen LogP contribution is -2.43. The van der Waals surface area contributed by atoms with E-state index in [1.165, 1.54) is 12.3 Å². The molecule has 1 aromatic rings. The van der Waals surface area contributed by atoms with Gasteiger partial charge in [0.25, 0.3) is 0 Å². The minimum atomic E-state index is -1.90. The molecule has 0 unspecified atom stereocenters. The maximum Gasteiger partial charge on any atom is 0.220 e. The summed E-state index contributed by atoms with van der Waals surface area (Å²) >= 11 is 0. The molecule has 18 heavy (non-hydrogen) atoms. The predicted molar refractivity (Wildman–Crippen MR) is 59.8 cm³/mol. The summed E-state index contributed by atoms with van der Waals surface area (Å²) in [4.78, 5) is 4.01. The molecule has 0 aromatic carbocycles. The summed E-state index contributed by atoms with van der Waals surface area (Å²) < 4.78 is 0. The quantitative estimate of drug-likeness (QED) is 0.670. The standard InChI is InChI=1S/C13H5N5/c14-6-12(7-15)4-3-10-2-1-5-18-11(10)13(12,8-16)9-17/h1-5H. The summed E-state index contributed by atoms with van der Waals surface area (Å²) in [5.41, 5.74) is -3.01. The van der Waals surface area contributed by atoms with Gasteiger partial charge in [-0.05, 0) is 17.7 Å². The lowest BCUT2D eigenvalue weighted by atomic mass is 9.61. The largest absolute Gasteiger partial charge is 0.258 e. The third kappa shape index (κ3) is 1.08. The maximum atomic E-state index is 9.34. The Labute approximate surface area is 103 Å². The third-order valence-electron chi connectivity index (χ3n) is 2.99. The summed E-state index contributed by atoms with van der Waals surface area (Å²) in [5.74, 6) is 0. The number of fused-ring (bicyclic) bond motifs is 1. The molecule has 82 valence electrons. The number of nitriles is 4. The Hall–Kier alpha value is -3.15. The Kier molecular flexibility index (Phi) is 2.33. The van der Waals surface area contributed by atoms with Gasteiger partial charge in [0.15, 0.2) is 5.41 Å².